The summed E-state index contributed by atoms with van der Waals surface area (Å²) < 4.78 is 22.3. The number of hydrogen-bond donors (Lipinski definition) is 1. The number of nitrogens with one attached hydrogen (secondary N) is 1. The van der Waals surface area contributed by atoms with Crippen LogP contribution in [-0.4, -0.2) is 30.2 Å². The van der Waals surface area contributed by atoms with E-state index in [9.17, 15) is 14.0 Å². The zero-order valence-electron chi connectivity index (χ0n) is 18.0. The fourth-order valence-corrected chi connectivity index (χ4v) is 6.32. The maximum atomic E-state index is 14.3. The lowest BCUT2D eigenvalue weighted by molar-refractivity contribution is -0.130. The lowest BCUT2D eigenvalue weighted by Gasteiger charge is -2.43. The van der Waals surface area contributed by atoms with E-state index in [1.807, 2.05) is 48.3 Å². The minimum Gasteiger partial charge on any atom is -0.324 e. The Labute approximate surface area is 181 Å². The molecule has 1 saturated heterocycles. The molecule has 4 nitrogen and oxygen atoms in total. The van der Waals surface area contributed by atoms with E-state index >= 15 is 0 Å². The highest BCUT2D eigenvalue weighted by atomic mass is 19.1. The second-order valence-corrected chi connectivity index (χ2v) is 8.76. The summed E-state index contributed by atoms with van der Waals surface area (Å²) in [6, 6.07) is 21.0. The Balaban J connectivity index is 1.68. The number of carbonyl (C=O) groups excluding carboxylic acids is 2. The molecule has 1 N–H and O–H groups in total. The Bertz CT molecular complexity index is 1290. The quantitative estimate of drug-likeness (QED) is 0.652. The number of hydrogen-bond acceptors (Lipinski definition) is 3. The first-order valence-electron chi connectivity index (χ1n) is 10.9. The van der Waals surface area contributed by atoms with Gasteiger partial charge in [-0.2, -0.15) is 0 Å². The molecule has 0 saturated carbocycles. The van der Waals surface area contributed by atoms with Crippen molar-refractivity contribution >= 4 is 17.4 Å². The van der Waals surface area contributed by atoms with Crippen LogP contribution in [0.25, 0.3) is 0 Å². The van der Waals surface area contributed by atoms with Gasteiger partial charge in [0.25, 0.3) is 5.91 Å². The molecule has 1 aliphatic carbocycles. The molecule has 3 aliphatic rings. The zero-order chi connectivity index (χ0) is 22.3. The molecule has 3 aromatic carbocycles. The van der Waals surface area contributed by atoms with Crippen LogP contribution in [0.3, 0.4) is 0 Å². The Kier molecular flexibility index (Phi) is 3.43. The summed E-state index contributed by atoms with van der Waals surface area (Å²) in [5.41, 5.74) is 1.12. The Morgan fingerprint density at radius 1 is 1.03 bits per heavy atom. The van der Waals surface area contributed by atoms with Crippen LogP contribution in [-0.2, 0) is 16.8 Å². The predicted molar refractivity (Wildman–Crippen MR) is 115 cm³/mol. The summed E-state index contributed by atoms with van der Waals surface area (Å²) in [5, 5.41) is 0.941. The number of amides is 1. The monoisotopic (exact) mass is 414 g/mol. The second kappa shape index (κ2) is 6.11. The van der Waals surface area contributed by atoms with Gasteiger partial charge >= 0.3 is 0 Å². The van der Waals surface area contributed by atoms with Crippen molar-refractivity contribution in [2.75, 3.05) is 18.9 Å². The summed E-state index contributed by atoms with van der Waals surface area (Å²) in [5.74, 6) is -1.17. The van der Waals surface area contributed by atoms with E-state index in [1.165, 1.54) is 12.1 Å². The van der Waals surface area contributed by atoms with Crippen molar-refractivity contribution < 1.29 is 15.4 Å². The molecular formula is C26H21FN2O2. The summed E-state index contributed by atoms with van der Waals surface area (Å²) in [6.45, 7) is 0.444. The third-order valence-electron chi connectivity index (χ3n) is 7.50. The summed E-state index contributed by atoms with van der Waals surface area (Å²) in [4.78, 5) is 30.2. The van der Waals surface area contributed by atoms with E-state index in [0.29, 0.717) is 29.8 Å². The Morgan fingerprint density at radius 3 is 2.52 bits per heavy atom. The molecule has 31 heavy (non-hydrogen) atoms. The molecule has 6 rings (SSSR count). The van der Waals surface area contributed by atoms with Crippen molar-refractivity contribution in [3.8, 4) is 0 Å². The zero-order valence-corrected chi connectivity index (χ0v) is 17.0. The normalized spacial score (nSPS) is 29.7. The third-order valence-corrected chi connectivity index (χ3v) is 7.50. The highest BCUT2D eigenvalue weighted by Crippen LogP contribution is 2.66. The highest BCUT2D eigenvalue weighted by Gasteiger charge is 2.74. The molecule has 5 heteroatoms. The molecule has 1 fully saturated rings. The van der Waals surface area contributed by atoms with Crippen LogP contribution in [0.2, 0.25) is 1.41 Å². The number of halogens is 1. The standard InChI is InChI=1S/C26H21FN2O2/c1-29-15-21(16-10-12-18(27)13-11-16)25(14-17-6-2-3-7-19(17)23(25)30)26(29)20-8-4-5-9-22(20)28-24(26)31/h2-13,21H,14-15H2,1H3,(H,28,31)/t21-,25+,26+/m0/s1/i/hT. The van der Waals surface area contributed by atoms with Crippen molar-refractivity contribution in [3.63, 3.8) is 0 Å². The number of rotatable bonds is 1. The molecule has 1 amide bonds. The van der Waals surface area contributed by atoms with E-state index in [0.717, 1.165) is 16.4 Å². The Hall–Kier alpha value is -3.31. The topological polar surface area (TPSA) is 49.4 Å². The lowest BCUT2D eigenvalue weighted by atomic mass is 9.59. The molecule has 0 bridgehead atoms. The van der Waals surface area contributed by atoms with E-state index in [1.54, 1.807) is 24.3 Å². The summed E-state index contributed by atoms with van der Waals surface area (Å²) in [7, 11) is 1.86. The molecule has 3 atom stereocenters. The first-order chi connectivity index (χ1) is 15.4. The number of benzene rings is 3. The number of carbonyl (C=O) groups is 2. The minimum atomic E-state index is -1.31. The molecule has 0 radical (unpaired) electrons. The van der Waals surface area contributed by atoms with Crippen LogP contribution >= 0.6 is 0 Å². The minimum absolute atomic E-state index is 0.0785. The van der Waals surface area contributed by atoms with Crippen LogP contribution in [0, 0.1) is 11.2 Å². The number of ketones is 1. The van der Waals surface area contributed by atoms with Crippen molar-refractivity contribution in [2.24, 2.45) is 5.41 Å². The number of fused-ring (bicyclic) bond motifs is 4. The van der Waals surface area contributed by atoms with E-state index in [4.69, 9.17) is 1.41 Å². The van der Waals surface area contributed by atoms with Crippen LogP contribution in [0.4, 0.5) is 10.1 Å². The first-order valence-corrected chi connectivity index (χ1v) is 10.5. The molecule has 2 spiro atoms. The number of likely N-dealkylation sites (tertiary alicyclic amines) is 1. The third kappa shape index (κ3) is 2.07. The van der Waals surface area contributed by atoms with Crippen LogP contribution in [0.15, 0.2) is 72.8 Å². The van der Waals surface area contributed by atoms with Gasteiger partial charge in [-0.25, -0.2) is 4.39 Å². The molecule has 0 aromatic heterocycles. The van der Waals surface area contributed by atoms with Gasteiger partial charge in [-0.1, -0.05) is 54.6 Å². The van der Waals surface area contributed by atoms with Gasteiger partial charge in [-0.05, 0) is 42.8 Å². The maximum Gasteiger partial charge on any atom is 0.250 e. The number of Topliss-reactive ketones (excluding diaryl/α,β-unsaturated/α-hetero) is 1. The number of anilines is 1. The first kappa shape index (κ1) is 17.4. The van der Waals surface area contributed by atoms with Gasteiger partial charge < -0.3 is 5.31 Å². The molecule has 3 aromatic rings. The largest absolute Gasteiger partial charge is 0.324 e. The molecule has 154 valence electrons. The lowest BCUT2D eigenvalue weighted by Crippen LogP contribution is -2.58. The van der Waals surface area contributed by atoms with Gasteiger partial charge in [0, 0.05) is 29.3 Å². The van der Waals surface area contributed by atoms with Gasteiger partial charge in [-0.15, -0.1) is 0 Å². The highest BCUT2D eigenvalue weighted by molar-refractivity contribution is 6.16. The SMILES string of the molecule is [3H]N1C(=O)[C@@]2(c3ccccc31)N(C)C[C@@H](c1ccc(F)cc1)[C@@]21Cc2ccccc2C1=O. The van der Waals surface area contributed by atoms with Crippen molar-refractivity contribution in [1.82, 2.24) is 4.90 Å². The molecule has 2 heterocycles. The van der Waals surface area contributed by atoms with Gasteiger partial charge in [-0.3, -0.25) is 14.5 Å². The van der Waals surface area contributed by atoms with Crippen LogP contribution in [0.5, 0.6) is 0 Å². The summed E-state index contributed by atoms with van der Waals surface area (Å²) >= 11 is 0. The van der Waals surface area contributed by atoms with Gasteiger partial charge in [0.2, 0.25) is 0 Å². The van der Waals surface area contributed by atoms with Crippen molar-refractivity contribution in [3.05, 3.63) is 101 Å². The van der Waals surface area contributed by atoms with E-state index in [2.05, 4.69) is 0 Å². The van der Waals surface area contributed by atoms with Gasteiger partial charge in [0.15, 0.2) is 7.20 Å². The number of likely N-dealkylation sites (N-methyl/N-ethyl adjacent to an activating group) is 1. The van der Waals surface area contributed by atoms with Gasteiger partial charge in [0.1, 0.15) is 11.4 Å². The number of nitrogens with zero attached hydrogens (tertiary/aromatic N) is 1. The predicted octanol–water partition coefficient (Wildman–Crippen LogP) is 4.13. The molecule has 0 unspecified atom stereocenters. The summed E-state index contributed by atoms with van der Waals surface area (Å²) in [6.07, 6.45) is 0.391. The smallest absolute Gasteiger partial charge is 0.250 e. The average Bonchev–Trinajstić information content (AvgIpc) is 3.34. The number of para-hydroxylation sites is 1. The average molecular weight is 414 g/mol. The fourth-order valence-electron chi connectivity index (χ4n) is 6.32. The molecular weight excluding hydrogens is 391 g/mol. The fraction of sp³-hybridized carbons (Fsp3) is 0.231. The van der Waals surface area contributed by atoms with E-state index in [-0.39, 0.29) is 17.5 Å². The maximum absolute atomic E-state index is 14.3. The molecule has 2 aliphatic heterocycles. The van der Waals surface area contributed by atoms with Crippen LogP contribution < -0.4 is 5.31 Å². The van der Waals surface area contributed by atoms with E-state index < -0.39 is 16.9 Å². The second-order valence-electron chi connectivity index (χ2n) is 8.76. The Morgan fingerprint density at radius 2 is 1.74 bits per heavy atom. The van der Waals surface area contributed by atoms with Crippen molar-refractivity contribution in [1.29, 1.82) is 0 Å². The van der Waals surface area contributed by atoms with Gasteiger partial charge in [0.05, 0.1) is 5.41 Å². The van der Waals surface area contributed by atoms with Crippen LogP contribution in [0.1, 0.15) is 33.0 Å². The van der Waals surface area contributed by atoms with Crippen molar-refractivity contribution in [2.45, 2.75) is 17.9 Å².